The number of hydrogen-bond acceptors (Lipinski definition) is 6. The van der Waals surface area contributed by atoms with Gasteiger partial charge in [-0.05, 0) is 61.4 Å². The molecule has 1 aliphatic rings. The monoisotopic (exact) mass is 432 g/mol. The summed E-state index contributed by atoms with van der Waals surface area (Å²) in [5.41, 5.74) is 3.89. The maximum Gasteiger partial charge on any atom is 0.260 e. The molecule has 2 heterocycles. The Kier molecular flexibility index (Phi) is 6.54. The van der Waals surface area contributed by atoms with Crippen LogP contribution >= 0.6 is 0 Å². The first-order valence-electron chi connectivity index (χ1n) is 10.7. The van der Waals surface area contributed by atoms with Crippen molar-refractivity contribution in [3.8, 4) is 22.8 Å². The normalized spacial score (nSPS) is 13.7. The highest BCUT2D eigenvalue weighted by molar-refractivity contribution is 5.78. The molecule has 0 atom stereocenters. The van der Waals surface area contributed by atoms with Crippen molar-refractivity contribution < 1.29 is 14.3 Å². The summed E-state index contributed by atoms with van der Waals surface area (Å²) < 4.78 is 11.0. The minimum atomic E-state index is 0.00763. The number of para-hydroxylation sites is 1. The molecular formula is C25H28N4O3. The van der Waals surface area contributed by atoms with E-state index in [0.29, 0.717) is 26.2 Å². The van der Waals surface area contributed by atoms with E-state index in [-0.39, 0.29) is 12.5 Å². The Morgan fingerprint density at radius 2 is 1.59 bits per heavy atom. The number of ether oxygens (including phenoxy) is 2. The molecule has 166 valence electrons. The van der Waals surface area contributed by atoms with Crippen LogP contribution in [-0.2, 0) is 4.79 Å². The first-order chi connectivity index (χ1) is 15.5. The third-order valence-electron chi connectivity index (χ3n) is 5.74. The molecular weight excluding hydrogens is 404 g/mol. The Balaban J connectivity index is 1.30. The van der Waals surface area contributed by atoms with E-state index in [1.165, 1.54) is 0 Å². The highest BCUT2D eigenvalue weighted by Crippen LogP contribution is 2.23. The molecule has 0 spiro atoms. The van der Waals surface area contributed by atoms with Gasteiger partial charge in [0.15, 0.2) is 12.4 Å². The van der Waals surface area contributed by atoms with E-state index < -0.39 is 0 Å². The predicted molar refractivity (Wildman–Crippen MR) is 124 cm³/mol. The minimum Gasteiger partial charge on any atom is -0.497 e. The van der Waals surface area contributed by atoms with Crippen molar-refractivity contribution in [3.05, 3.63) is 65.7 Å². The van der Waals surface area contributed by atoms with Crippen LogP contribution in [0.5, 0.6) is 11.5 Å². The highest BCUT2D eigenvalue weighted by Gasteiger charge is 2.23. The van der Waals surface area contributed by atoms with Crippen molar-refractivity contribution in [2.24, 2.45) is 0 Å². The zero-order chi connectivity index (χ0) is 22.5. The predicted octanol–water partition coefficient (Wildman–Crippen LogP) is 3.50. The lowest BCUT2D eigenvalue weighted by atomic mass is 10.1. The van der Waals surface area contributed by atoms with Gasteiger partial charge in [-0.2, -0.15) is 0 Å². The third kappa shape index (κ3) is 4.82. The standard InChI is InChI=1S/C25H28N4O3/c1-18-5-4-6-19(2)25(18)32-17-24(30)29-15-13-28(14-16-29)23-12-11-22(26-27-23)20-7-9-21(31-3)10-8-20/h4-12H,13-17H2,1-3H3. The van der Waals surface area contributed by atoms with Crippen molar-refractivity contribution in [1.29, 1.82) is 0 Å². The number of piperazine rings is 1. The summed E-state index contributed by atoms with van der Waals surface area (Å²) in [7, 11) is 1.65. The number of rotatable bonds is 6. The topological polar surface area (TPSA) is 67.8 Å². The first kappa shape index (κ1) is 21.6. The lowest BCUT2D eigenvalue weighted by Gasteiger charge is -2.35. The Bertz CT molecular complexity index is 1040. The second-order valence-electron chi connectivity index (χ2n) is 7.88. The maximum absolute atomic E-state index is 12.6. The van der Waals surface area contributed by atoms with E-state index in [9.17, 15) is 4.79 Å². The van der Waals surface area contributed by atoms with E-state index in [0.717, 1.165) is 39.7 Å². The smallest absolute Gasteiger partial charge is 0.260 e. The van der Waals surface area contributed by atoms with Crippen molar-refractivity contribution in [2.75, 3.05) is 44.8 Å². The summed E-state index contributed by atoms with van der Waals surface area (Å²) >= 11 is 0. The fourth-order valence-corrected chi connectivity index (χ4v) is 3.85. The summed E-state index contributed by atoms with van der Waals surface area (Å²) in [5, 5.41) is 8.78. The zero-order valence-corrected chi connectivity index (χ0v) is 18.7. The molecule has 2 aromatic carbocycles. The Morgan fingerprint density at radius 1 is 0.906 bits per heavy atom. The fourth-order valence-electron chi connectivity index (χ4n) is 3.85. The molecule has 1 fully saturated rings. The summed E-state index contributed by atoms with van der Waals surface area (Å²) in [4.78, 5) is 16.6. The molecule has 0 N–H and O–H groups in total. The minimum absolute atomic E-state index is 0.00763. The van der Waals surface area contributed by atoms with E-state index in [1.54, 1.807) is 7.11 Å². The van der Waals surface area contributed by atoms with E-state index in [1.807, 2.05) is 73.3 Å². The van der Waals surface area contributed by atoms with Gasteiger partial charge in [0.1, 0.15) is 11.5 Å². The highest BCUT2D eigenvalue weighted by atomic mass is 16.5. The Labute approximate surface area is 188 Å². The van der Waals surface area contributed by atoms with Gasteiger partial charge in [0.25, 0.3) is 5.91 Å². The van der Waals surface area contributed by atoms with Crippen molar-refractivity contribution >= 4 is 11.7 Å². The van der Waals surface area contributed by atoms with Crippen LogP contribution in [-0.4, -0.2) is 60.9 Å². The quantitative estimate of drug-likeness (QED) is 0.594. The van der Waals surface area contributed by atoms with Gasteiger partial charge in [-0.25, -0.2) is 0 Å². The number of amides is 1. The van der Waals surface area contributed by atoms with Crippen molar-refractivity contribution in [2.45, 2.75) is 13.8 Å². The van der Waals surface area contributed by atoms with E-state index in [4.69, 9.17) is 9.47 Å². The average molecular weight is 433 g/mol. The molecule has 1 amide bonds. The van der Waals surface area contributed by atoms with E-state index in [2.05, 4.69) is 15.1 Å². The van der Waals surface area contributed by atoms with Crippen LogP contribution in [0.2, 0.25) is 0 Å². The summed E-state index contributed by atoms with van der Waals surface area (Å²) in [5.74, 6) is 2.44. The van der Waals surface area contributed by atoms with Gasteiger partial charge in [0.2, 0.25) is 0 Å². The summed E-state index contributed by atoms with van der Waals surface area (Å²) in [6.45, 7) is 6.74. The summed E-state index contributed by atoms with van der Waals surface area (Å²) in [6, 6.07) is 17.7. The van der Waals surface area contributed by atoms with Gasteiger partial charge in [0, 0.05) is 31.7 Å². The number of nitrogens with zero attached hydrogens (tertiary/aromatic N) is 4. The van der Waals surface area contributed by atoms with E-state index >= 15 is 0 Å². The largest absolute Gasteiger partial charge is 0.497 e. The number of aromatic nitrogens is 2. The van der Waals surface area contributed by atoms with Crippen LogP contribution in [0, 0.1) is 13.8 Å². The molecule has 4 rings (SSSR count). The molecule has 0 saturated carbocycles. The number of methoxy groups -OCH3 is 1. The van der Waals surface area contributed by atoms with Crippen LogP contribution < -0.4 is 14.4 Å². The molecule has 7 nitrogen and oxygen atoms in total. The first-order valence-corrected chi connectivity index (χ1v) is 10.7. The number of benzene rings is 2. The zero-order valence-electron chi connectivity index (χ0n) is 18.7. The van der Waals surface area contributed by atoms with Gasteiger partial charge in [-0.15, -0.1) is 10.2 Å². The van der Waals surface area contributed by atoms with Crippen LogP contribution in [0.3, 0.4) is 0 Å². The lowest BCUT2D eigenvalue weighted by molar-refractivity contribution is -0.133. The Morgan fingerprint density at radius 3 is 2.19 bits per heavy atom. The van der Waals surface area contributed by atoms with Gasteiger partial charge in [0.05, 0.1) is 12.8 Å². The third-order valence-corrected chi connectivity index (χ3v) is 5.74. The van der Waals surface area contributed by atoms with Crippen molar-refractivity contribution in [1.82, 2.24) is 15.1 Å². The van der Waals surface area contributed by atoms with Gasteiger partial charge < -0.3 is 19.3 Å². The average Bonchev–Trinajstić information content (AvgIpc) is 2.84. The molecule has 0 unspecified atom stereocenters. The van der Waals surface area contributed by atoms with Crippen LogP contribution in [0.15, 0.2) is 54.6 Å². The summed E-state index contributed by atoms with van der Waals surface area (Å²) in [6.07, 6.45) is 0. The molecule has 0 bridgehead atoms. The molecule has 1 aromatic heterocycles. The number of aryl methyl sites for hydroxylation is 2. The van der Waals surface area contributed by atoms with Gasteiger partial charge in [-0.3, -0.25) is 4.79 Å². The van der Waals surface area contributed by atoms with Gasteiger partial charge >= 0.3 is 0 Å². The maximum atomic E-state index is 12.6. The Hall–Kier alpha value is -3.61. The number of hydrogen-bond donors (Lipinski definition) is 0. The number of anilines is 1. The molecule has 7 heteroatoms. The van der Waals surface area contributed by atoms with Crippen LogP contribution in [0.1, 0.15) is 11.1 Å². The molecule has 32 heavy (non-hydrogen) atoms. The number of carbonyl (C=O) groups is 1. The molecule has 1 saturated heterocycles. The lowest BCUT2D eigenvalue weighted by Crippen LogP contribution is -2.50. The van der Waals surface area contributed by atoms with Crippen LogP contribution in [0.25, 0.3) is 11.3 Å². The van der Waals surface area contributed by atoms with Gasteiger partial charge in [-0.1, -0.05) is 18.2 Å². The second kappa shape index (κ2) is 9.68. The van der Waals surface area contributed by atoms with Crippen LogP contribution in [0.4, 0.5) is 5.82 Å². The van der Waals surface area contributed by atoms with Crippen molar-refractivity contribution in [3.63, 3.8) is 0 Å². The molecule has 0 aliphatic carbocycles. The molecule has 1 aliphatic heterocycles. The fraction of sp³-hybridized carbons (Fsp3) is 0.320. The molecule has 3 aromatic rings. The molecule has 0 radical (unpaired) electrons. The SMILES string of the molecule is COc1ccc(-c2ccc(N3CCN(C(=O)COc4c(C)cccc4C)CC3)nn2)cc1. The second-order valence-corrected chi connectivity index (χ2v) is 7.88. The number of carbonyl (C=O) groups excluding carboxylic acids is 1.